The average Bonchev–Trinajstić information content (AvgIpc) is 3.13. The Morgan fingerprint density at radius 1 is 1.12 bits per heavy atom. The van der Waals surface area contributed by atoms with Crippen LogP contribution in [0.25, 0.3) is 16.7 Å². The Morgan fingerprint density at radius 2 is 1.92 bits per heavy atom. The second-order valence-corrected chi connectivity index (χ2v) is 6.47. The maximum atomic E-state index is 14.6. The molecule has 8 heteroatoms. The van der Waals surface area contributed by atoms with Crippen molar-refractivity contribution in [2.24, 2.45) is 7.05 Å². The standard InChI is InChI=1S/C18H16ClFN6/c1-10-6-15-16(24-18(19)25(15)3)17(22-10)23-12-4-5-14(13(20)7-12)26-8-11(2)21-9-26/h4-9H,1-3H3,(H,22,23). The Labute approximate surface area is 154 Å². The molecule has 0 saturated carbocycles. The van der Waals surface area contributed by atoms with E-state index in [0.29, 0.717) is 28.0 Å². The van der Waals surface area contributed by atoms with Gasteiger partial charge in [-0.25, -0.2) is 19.3 Å². The van der Waals surface area contributed by atoms with Crippen molar-refractivity contribution in [2.45, 2.75) is 13.8 Å². The van der Waals surface area contributed by atoms with Crippen molar-refractivity contribution in [3.8, 4) is 5.69 Å². The Kier molecular flexibility index (Phi) is 3.88. The number of nitrogens with zero attached hydrogens (tertiary/aromatic N) is 5. The largest absolute Gasteiger partial charge is 0.338 e. The third-order valence-electron chi connectivity index (χ3n) is 4.14. The van der Waals surface area contributed by atoms with Gasteiger partial charge in [-0.05, 0) is 49.7 Å². The van der Waals surface area contributed by atoms with Crippen LogP contribution in [0.3, 0.4) is 0 Å². The lowest BCUT2D eigenvalue weighted by molar-refractivity contribution is 0.618. The molecule has 0 atom stereocenters. The summed E-state index contributed by atoms with van der Waals surface area (Å²) in [4.78, 5) is 12.9. The van der Waals surface area contributed by atoms with Gasteiger partial charge in [-0.15, -0.1) is 0 Å². The highest BCUT2D eigenvalue weighted by molar-refractivity contribution is 6.29. The molecule has 0 aliphatic rings. The first kappa shape index (κ1) is 16.5. The maximum absolute atomic E-state index is 14.6. The fourth-order valence-electron chi connectivity index (χ4n) is 2.85. The summed E-state index contributed by atoms with van der Waals surface area (Å²) in [6.07, 6.45) is 3.36. The Balaban J connectivity index is 1.73. The maximum Gasteiger partial charge on any atom is 0.203 e. The number of pyridine rings is 1. The van der Waals surface area contributed by atoms with Gasteiger partial charge in [0, 0.05) is 24.6 Å². The molecule has 0 bridgehead atoms. The molecule has 1 N–H and O–H groups in total. The van der Waals surface area contributed by atoms with E-state index in [-0.39, 0.29) is 5.82 Å². The molecule has 0 saturated heterocycles. The summed E-state index contributed by atoms with van der Waals surface area (Å²) >= 11 is 6.12. The second kappa shape index (κ2) is 6.10. The Morgan fingerprint density at radius 3 is 2.62 bits per heavy atom. The lowest BCUT2D eigenvalue weighted by Crippen LogP contribution is -2.00. The normalized spacial score (nSPS) is 11.3. The fourth-order valence-corrected chi connectivity index (χ4v) is 3.03. The number of anilines is 2. The summed E-state index contributed by atoms with van der Waals surface area (Å²) in [6.45, 7) is 3.74. The molecule has 132 valence electrons. The molecule has 26 heavy (non-hydrogen) atoms. The number of imidazole rings is 2. The summed E-state index contributed by atoms with van der Waals surface area (Å²) in [5, 5.41) is 3.51. The zero-order valence-corrected chi connectivity index (χ0v) is 15.2. The predicted octanol–water partition coefficient (Wildman–Crippen LogP) is 4.31. The number of hydrogen-bond donors (Lipinski definition) is 1. The molecule has 0 radical (unpaired) electrons. The van der Waals surface area contributed by atoms with E-state index in [4.69, 9.17) is 11.6 Å². The summed E-state index contributed by atoms with van der Waals surface area (Å²) < 4.78 is 18.0. The first-order chi connectivity index (χ1) is 12.4. The number of halogens is 2. The molecular weight excluding hydrogens is 355 g/mol. The Hall–Kier alpha value is -2.93. The van der Waals surface area contributed by atoms with Crippen LogP contribution in [0.2, 0.25) is 5.28 Å². The van der Waals surface area contributed by atoms with Gasteiger partial charge in [0.2, 0.25) is 5.28 Å². The summed E-state index contributed by atoms with van der Waals surface area (Å²) in [7, 11) is 1.84. The molecule has 6 nitrogen and oxygen atoms in total. The number of hydrogen-bond acceptors (Lipinski definition) is 4. The van der Waals surface area contributed by atoms with Crippen molar-refractivity contribution in [3.63, 3.8) is 0 Å². The zero-order chi connectivity index (χ0) is 18.4. The quantitative estimate of drug-likeness (QED) is 0.584. The number of nitrogens with one attached hydrogen (secondary N) is 1. The van der Waals surface area contributed by atoms with Crippen molar-refractivity contribution < 1.29 is 4.39 Å². The van der Waals surface area contributed by atoms with Crippen LogP contribution in [-0.4, -0.2) is 24.1 Å². The van der Waals surface area contributed by atoms with Gasteiger partial charge in [-0.2, -0.15) is 0 Å². The van der Waals surface area contributed by atoms with E-state index in [9.17, 15) is 4.39 Å². The van der Waals surface area contributed by atoms with Crippen LogP contribution in [0, 0.1) is 19.7 Å². The van der Waals surface area contributed by atoms with Crippen molar-refractivity contribution in [1.82, 2.24) is 24.1 Å². The van der Waals surface area contributed by atoms with Gasteiger partial charge in [-0.1, -0.05) is 0 Å². The molecule has 1 aromatic carbocycles. The van der Waals surface area contributed by atoms with Crippen molar-refractivity contribution in [1.29, 1.82) is 0 Å². The molecule has 0 unspecified atom stereocenters. The smallest absolute Gasteiger partial charge is 0.203 e. The number of fused-ring (bicyclic) bond motifs is 1. The highest BCUT2D eigenvalue weighted by Crippen LogP contribution is 2.28. The molecule has 3 aromatic heterocycles. The molecule has 4 aromatic rings. The van der Waals surface area contributed by atoms with Gasteiger partial charge in [0.15, 0.2) is 5.82 Å². The van der Waals surface area contributed by atoms with Crippen LogP contribution in [0.15, 0.2) is 36.8 Å². The molecule has 0 aliphatic carbocycles. The minimum absolute atomic E-state index is 0.365. The molecular formula is C18H16ClFN6. The van der Waals surface area contributed by atoms with Crippen LogP contribution < -0.4 is 5.32 Å². The molecule has 3 heterocycles. The third kappa shape index (κ3) is 2.80. The summed E-state index contributed by atoms with van der Waals surface area (Å²) in [5.41, 5.74) is 4.13. The number of aromatic nitrogens is 5. The van der Waals surface area contributed by atoms with E-state index in [1.165, 1.54) is 6.07 Å². The first-order valence-corrected chi connectivity index (χ1v) is 8.37. The fraction of sp³-hybridized carbons (Fsp3) is 0.167. The molecule has 4 rings (SSSR count). The highest BCUT2D eigenvalue weighted by Gasteiger charge is 2.14. The van der Waals surface area contributed by atoms with Crippen molar-refractivity contribution in [2.75, 3.05) is 5.32 Å². The number of rotatable bonds is 3. The second-order valence-electron chi connectivity index (χ2n) is 6.13. The minimum Gasteiger partial charge on any atom is -0.338 e. The van der Waals surface area contributed by atoms with E-state index < -0.39 is 0 Å². The predicted molar refractivity (Wildman–Crippen MR) is 99.8 cm³/mol. The molecule has 0 spiro atoms. The topological polar surface area (TPSA) is 60.6 Å². The lowest BCUT2D eigenvalue weighted by Gasteiger charge is -2.10. The first-order valence-electron chi connectivity index (χ1n) is 7.99. The van der Waals surface area contributed by atoms with Crippen LogP contribution in [0.5, 0.6) is 0 Å². The van der Waals surface area contributed by atoms with Crippen LogP contribution in [0.4, 0.5) is 15.9 Å². The van der Waals surface area contributed by atoms with Gasteiger partial charge in [0.25, 0.3) is 0 Å². The van der Waals surface area contributed by atoms with E-state index >= 15 is 0 Å². The SMILES string of the molecule is Cc1cn(-c2ccc(Nc3nc(C)cc4c3nc(Cl)n4C)cc2F)cn1. The zero-order valence-electron chi connectivity index (χ0n) is 14.5. The average molecular weight is 371 g/mol. The van der Waals surface area contributed by atoms with Gasteiger partial charge in [0.1, 0.15) is 11.3 Å². The highest BCUT2D eigenvalue weighted by atomic mass is 35.5. The van der Waals surface area contributed by atoms with E-state index in [1.807, 2.05) is 27.0 Å². The monoisotopic (exact) mass is 370 g/mol. The molecule has 0 amide bonds. The van der Waals surface area contributed by atoms with Gasteiger partial charge >= 0.3 is 0 Å². The van der Waals surface area contributed by atoms with E-state index in [1.54, 1.807) is 33.8 Å². The third-order valence-corrected chi connectivity index (χ3v) is 4.48. The Bertz CT molecular complexity index is 1130. The van der Waals surface area contributed by atoms with Gasteiger partial charge < -0.3 is 14.5 Å². The van der Waals surface area contributed by atoms with E-state index in [2.05, 4.69) is 20.3 Å². The number of aryl methyl sites for hydroxylation is 3. The minimum atomic E-state index is -0.365. The van der Waals surface area contributed by atoms with Crippen LogP contribution >= 0.6 is 11.6 Å². The van der Waals surface area contributed by atoms with Crippen molar-refractivity contribution in [3.05, 3.63) is 59.3 Å². The van der Waals surface area contributed by atoms with Crippen molar-refractivity contribution >= 4 is 34.1 Å². The molecule has 0 fully saturated rings. The molecule has 0 aliphatic heterocycles. The van der Waals surface area contributed by atoms with Crippen LogP contribution in [-0.2, 0) is 7.05 Å². The summed E-state index contributed by atoms with van der Waals surface area (Å²) in [5.74, 6) is 0.170. The summed E-state index contributed by atoms with van der Waals surface area (Å²) in [6, 6.07) is 6.81. The van der Waals surface area contributed by atoms with E-state index in [0.717, 1.165) is 16.9 Å². The number of benzene rings is 1. The van der Waals surface area contributed by atoms with Gasteiger partial charge in [-0.3, -0.25) is 0 Å². The van der Waals surface area contributed by atoms with Crippen LogP contribution in [0.1, 0.15) is 11.4 Å². The van der Waals surface area contributed by atoms with Gasteiger partial charge in [0.05, 0.1) is 23.2 Å². The lowest BCUT2D eigenvalue weighted by atomic mass is 10.2.